The summed E-state index contributed by atoms with van der Waals surface area (Å²) in [4.78, 5) is 23.5. The molecular formula is C22H24F2N6O3S. The van der Waals surface area contributed by atoms with Crippen molar-refractivity contribution in [1.82, 2.24) is 19.4 Å². The highest BCUT2D eigenvalue weighted by atomic mass is 32.2. The molecule has 1 aromatic carbocycles. The number of nitrogens with one attached hydrogen (secondary N) is 1. The van der Waals surface area contributed by atoms with E-state index < -0.39 is 28.0 Å². The fraction of sp³-hybridized carbons (Fsp3) is 0.409. The molecule has 0 saturated heterocycles. The first-order valence-corrected chi connectivity index (χ1v) is 12.5. The van der Waals surface area contributed by atoms with E-state index in [-0.39, 0.29) is 16.8 Å². The maximum Gasteiger partial charge on any atom is 0.264 e. The SMILES string of the molecule is CN1C(=O)C2(CCCCC2)n2c(cc3cnc(Nc4ccc(S(N)(=O)=O)cc4)nc32)C1C(F)F. The van der Waals surface area contributed by atoms with Gasteiger partial charge in [-0.3, -0.25) is 4.79 Å². The van der Waals surface area contributed by atoms with Gasteiger partial charge < -0.3 is 14.8 Å². The topological polar surface area (TPSA) is 123 Å². The average molecular weight is 491 g/mol. The molecule has 5 rings (SSSR count). The predicted molar refractivity (Wildman–Crippen MR) is 121 cm³/mol. The van der Waals surface area contributed by atoms with Gasteiger partial charge in [0.2, 0.25) is 21.9 Å². The summed E-state index contributed by atoms with van der Waals surface area (Å²) in [7, 11) is -2.38. The minimum absolute atomic E-state index is 0.0324. The number of nitrogens with two attached hydrogens (primary N) is 1. The van der Waals surface area contributed by atoms with Crippen molar-refractivity contribution in [2.75, 3.05) is 12.4 Å². The Morgan fingerprint density at radius 3 is 2.47 bits per heavy atom. The van der Waals surface area contributed by atoms with Crippen LogP contribution in [0.3, 0.4) is 0 Å². The summed E-state index contributed by atoms with van der Waals surface area (Å²) >= 11 is 0. The number of carbonyl (C=O) groups is 1. The van der Waals surface area contributed by atoms with Crippen molar-refractivity contribution in [2.24, 2.45) is 5.14 Å². The van der Waals surface area contributed by atoms with Gasteiger partial charge in [-0.1, -0.05) is 19.3 Å². The first-order chi connectivity index (χ1) is 16.1. The number of likely N-dealkylation sites (N-methyl/N-ethyl adjacent to an activating group) is 1. The molecule has 2 aromatic heterocycles. The normalized spacial score (nSPS) is 20.2. The number of anilines is 2. The Bertz CT molecular complexity index is 1370. The van der Waals surface area contributed by atoms with E-state index in [0.29, 0.717) is 35.3 Å². The Hall–Kier alpha value is -3.12. The molecule has 1 aliphatic heterocycles. The third kappa shape index (κ3) is 3.52. The minimum Gasteiger partial charge on any atom is -0.329 e. The van der Waals surface area contributed by atoms with Crippen LogP contribution in [0.5, 0.6) is 0 Å². The van der Waals surface area contributed by atoms with Crippen LogP contribution in [0.4, 0.5) is 20.4 Å². The Balaban J connectivity index is 1.61. The number of hydrogen-bond donors (Lipinski definition) is 2. The zero-order valence-electron chi connectivity index (χ0n) is 18.4. The van der Waals surface area contributed by atoms with E-state index in [0.717, 1.165) is 19.3 Å². The van der Waals surface area contributed by atoms with E-state index in [2.05, 4.69) is 15.3 Å². The molecular weight excluding hydrogens is 466 g/mol. The van der Waals surface area contributed by atoms with Crippen LogP contribution in [0.1, 0.15) is 43.8 Å². The fourth-order valence-electron chi connectivity index (χ4n) is 5.21. The number of nitrogens with zero attached hydrogens (tertiary/aromatic N) is 4. The van der Waals surface area contributed by atoms with Gasteiger partial charge in [-0.15, -0.1) is 0 Å². The number of primary sulfonamides is 1. The molecule has 1 amide bonds. The molecule has 3 aromatic rings. The third-order valence-corrected chi connectivity index (χ3v) is 7.72. The van der Waals surface area contributed by atoms with E-state index in [1.54, 1.807) is 10.6 Å². The van der Waals surface area contributed by atoms with E-state index >= 15 is 0 Å². The molecule has 0 radical (unpaired) electrons. The molecule has 1 atom stereocenters. The van der Waals surface area contributed by atoms with Crippen molar-refractivity contribution >= 4 is 38.6 Å². The first kappa shape index (κ1) is 22.7. The van der Waals surface area contributed by atoms with E-state index in [4.69, 9.17) is 5.14 Å². The van der Waals surface area contributed by atoms with E-state index in [1.165, 1.54) is 42.4 Å². The van der Waals surface area contributed by atoms with Crippen molar-refractivity contribution in [3.05, 3.63) is 42.2 Å². The summed E-state index contributed by atoms with van der Waals surface area (Å²) in [6.07, 6.45) is 2.55. The molecule has 12 heteroatoms. The number of fused-ring (bicyclic) bond motifs is 4. The van der Waals surface area contributed by atoms with Crippen LogP contribution in [0.2, 0.25) is 0 Å². The van der Waals surface area contributed by atoms with Gasteiger partial charge in [0.05, 0.1) is 4.90 Å². The van der Waals surface area contributed by atoms with Gasteiger partial charge in [-0.25, -0.2) is 27.3 Å². The molecule has 2 aliphatic rings. The Labute approximate surface area is 195 Å². The summed E-state index contributed by atoms with van der Waals surface area (Å²) < 4.78 is 52.8. The maximum atomic E-state index is 14.1. The summed E-state index contributed by atoms with van der Waals surface area (Å²) in [5.41, 5.74) is 0.351. The average Bonchev–Trinajstić information content (AvgIpc) is 3.17. The number of halogens is 2. The number of sulfonamides is 1. The lowest BCUT2D eigenvalue weighted by atomic mass is 9.78. The molecule has 1 fully saturated rings. The Morgan fingerprint density at radius 2 is 1.85 bits per heavy atom. The van der Waals surface area contributed by atoms with Gasteiger partial charge in [0.1, 0.15) is 17.2 Å². The lowest BCUT2D eigenvalue weighted by Gasteiger charge is -2.47. The number of carbonyl (C=O) groups excluding carboxylic acids is 1. The van der Waals surface area contributed by atoms with Crippen LogP contribution in [0.25, 0.3) is 11.0 Å². The van der Waals surface area contributed by atoms with Crippen molar-refractivity contribution in [3.63, 3.8) is 0 Å². The first-order valence-electron chi connectivity index (χ1n) is 11.0. The maximum absolute atomic E-state index is 14.1. The van der Waals surface area contributed by atoms with Crippen LogP contribution in [-0.4, -0.2) is 47.2 Å². The Kier molecular flexibility index (Phi) is 5.32. The predicted octanol–water partition coefficient (Wildman–Crippen LogP) is 3.26. The smallest absolute Gasteiger partial charge is 0.264 e. The number of amides is 1. The van der Waals surface area contributed by atoms with Crippen LogP contribution in [-0.2, 0) is 20.4 Å². The molecule has 1 unspecified atom stereocenters. The second kappa shape index (κ2) is 7.98. The van der Waals surface area contributed by atoms with Crippen LogP contribution in [0.15, 0.2) is 41.4 Å². The van der Waals surface area contributed by atoms with E-state index in [9.17, 15) is 22.0 Å². The molecule has 34 heavy (non-hydrogen) atoms. The zero-order chi connectivity index (χ0) is 24.3. The highest BCUT2D eigenvalue weighted by Gasteiger charge is 2.52. The lowest BCUT2D eigenvalue weighted by molar-refractivity contribution is -0.151. The van der Waals surface area contributed by atoms with Crippen LogP contribution in [0, 0.1) is 0 Å². The molecule has 0 bridgehead atoms. The van der Waals surface area contributed by atoms with Gasteiger partial charge >= 0.3 is 0 Å². The number of alkyl halides is 2. The Morgan fingerprint density at radius 1 is 1.18 bits per heavy atom. The van der Waals surface area contributed by atoms with Crippen molar-refractivity contribution in [1.29, 1.82) is 0 Å². The monoisotopic (exact) mass is 490 g/mol. The summed E-state index contributed by atoms with van der Waals surface area (Å²) in [6, 6.07) is 6.04. The lowest BCUT2D eigenvalue weighted by Crippen LogP contribution is -2.57. The summed E-state index contributed by atoms with van der Waals surface area (Å²) in [6.45, 7) is 0. The minimum atomic E-state index is -3.82. The molecule has 1 aliphatic carbocycles. The molecule has 1 saturated carbocycles. The van der Waals surface area contributed by atoms with Crippen molar-refractivity contribution in [2.45, 2.75) is 55.0 Å². The van der Waals surface area contributed by atoms with Gasteiger partial charge in [-0.2, -0.15) is 4.98 Å². The number of benzene rings is 1. The molecule has 1 spiro atoms. The molecule has 3 heterocycles. The van der Waals surface area contributed by atoms with E-state index in [1.807, 2.05) is 0 Å². The fourth-order valence-corrected chi connectivity index (χ4v) is 5.73. The standard InChI is InChI=1S/C22H24F2N6O3S/c1-29-17(18(23)24)16-11-13-12-26-21(27-14-5-7-15(8-6-14)34(25,32)33)28-19(13)30(16)22(20(29)31)9-3-2-4-10-22/h5-8,11-12,17-18H,2-4,9-10H2,1H3,(H2,25,32,33)(H,26,27,28). The van der Waals surface area contributed by atoms with Gasteiger partial charge in [0.25, 0.3) is 6.43 Å². The molecule has 180 valence electrons. The number of rotatable bonds is 4. The second-order valence-corrected chi connectivity index (χ2v) is 10.4. The number of aromatic nitrogens is 3. The largest absolute Gasteiger partial charge is 0.329 e. The van der Waals surface area contributed by atoms with Crippen molar-refractivity contribution in [3.8, 4) is 0 Å². The van der Waals surface area contributed by atoms with Crippen molar-refractivity contribution < 1.29 is 22.0 Å². The molecule has 9 nitrogen and oxygen atoms in total. The van der Waals surface area contributed by atoms with Gasteiger partial charge in [0, 0.05) is 30.0 Å². The highest BCUT2D eigenvalue weighted by Crippen LogP contribution is 2.47. The highest BCUT2D eigenvalue weighted by molar-refractivity contribution is 7.89. The zero-order valence-corrected chi connectivity index (χ0v) is 19.2. The number of hydrogen-bond acceptors (Lipinski definition) is 6. The summed E-state index contributed by atoms with van der Waals surface area (Å²) in [5.74, 6) is -0.114. The molecule has 3 N–H and O–H groups in total. The summed E-state index contributed by atoms with van der Waals surface area (Å²) in [5, 5.41) is 8.71. The van der Waals surface area contributed by atoms with Crippen LogP contribution >= 0.6 is 0 Å². The van der Waals surface area contributed by atoms with Crippen LogP contribution < -0.4 is 10.5 Å². The quantitative estimate of drug-likeness (QED) is 0.579. The van der Waals surface area contributed by atoms with Gasteiger partial charge in [-0.05, 0) is 43.2 Å². The van der Waals surface area contributed by atoms with Gasteiger partial charge in [0.15, 0.2) is 0 Å². The third-order valence-electron chi connectivity index (χ3n) is 6.79. The second-order valence-electron chi connectivity index (χ2n) is 8.86.